The van der Waals surface area contributed by atoms with E-state index in [1.54, 1.807) is 0 Å². The summed E-state index contributed by atoms with van der Waals surface area (Å²) in [5.41, 5.74) is 10.5. The van der Waals surface area contributed by atoms with Crippen molar-refractivity contribution < 1.29 is 4.74 Å². The van der Waals surface area contributed by atoms with Crippen LogP contribution in [0.1, 0.15) is 30.9 Å². The number of aryl methyl sites for hydroxylation is 2. The van der Waals surface area contributed by atoms with Crippen LogP contribution in [0.2, 0.25) is 0 Å². The van der Waals surface area contributed by atoms with Crippen molar-refractivity contribution >= 4 is 10.9 Å². The molecule has 0 bridgehead atoms. The lowest BCUT2D eigenvalue weighted by molar-refractivity contribution is 0.0534. The number of para-hydroxylation sites is 1. The minimum atomic E-state index is 0.0874. The maximum Gasteiger partial charge on any atom is 0.0513 e. The predicted octanol–water partition coefficient (Wildman–Crippen LogP) is 2.75. The van der Waals surface area contributed by atoms with Crippen molar-refractivity contribution in [2.45, 2.75) is 31.6 Å². The number of nitrogens with zero attached hydrogens (tertiary/aromatic N) is 1. The zero-order valence-corrected chi connectivity index (χ0v) is 12.5. The summed E-state index contributed by atoms with van der Waals surface area (Å²) in [6.07, 6.45) is 5.41. The minimum Gasteiger partial charge on any atom is -0.381 e. The highest BCUT2D eigenvalue weighted by Gasteiger charge is 2.35. The molecule has 1 aromatic carbocycles. The molecule has 0 unspecified atom stereocenters. The largest absolute Gasteiger partial charge is 0.381 e. The molecule has 2 aromatic rings. The molecule has 0 radical (unpaired) electrons. The normalized spacial score (nSPS) is 18.6. The van der Waals surface area contributed by atoms with Gasteiger partial charge in [-0.15, -0.1) is 0 Å². The van der Waals surface area contributed by atoms with Gasteiger partial charge >= 0.3 is 0 Å². The van der Waals surface area contributed by atoms with E-state index in [1.807, 2.05) is 0 Å². The summed E-state index contributed by atoms with van der Waals surface area (Å²) in [6, 6.07) is 6.65. The van der Waals surface area contributed by atoms with E-state index in [4.69, 9.17) is 10.5 Å². The Morgan fingerprint density at radius 2 is 2.05 bits per heavy atom. The Kier molecular flexibility index (Phi) is 3.57. The number of ether oxygens (including phenoxy) is 1. The van der Waals surface area contributed by atoms with Crippen LogP contribution in [0.15, 0.2) is 24.4 Å². The molecule has 3 heteroatoms. The van der Waals surface area contributed by atoms with E-state index in [-0.39, 0.29) is 5.41 Å². The van der Waals surface area contributed by atoms with Crippen molar-refractivity contribution in [1.82, 2.24) is 4.57 Å². The third kappa shape index (κ3) is 1.97. The lowest BCUT2D eigenvalue weighted by atomic mass is 9.74. The quantitative estimate of drug-likeness (QED) is 0.933. The molecule has 0 saturated carbocycles. The van der Waals surface area contributed by atoms with E-state index in [1.165, 1.54) is 22.0 Å². The number of rotatable bonds is 3. The fourth-order valence-electron chi connectivity index (χ4n) is 3.61. The van der Waals surface area contributed by atoms with Gasteiger partial charge in [-0.2, -0.15) is 0 Å². The summed E-state index contributed by atoms with van der Waals surface area (Å²) in [7, 11) is 2.15. The molecule has 2 heterocycles. The number of hydrogen-bond donors (Lipinski definition) is 1. The van der Waals surface area contributed by atoms with Gasteiger partial charge in [0.25, 0.3) is 0 Å². The van der Waals surface area contributed by atoms with Crippen LogP contribution in [0.5, 0.6) is 0 Å². The Hall–Kier alpha value is -1.32. The molecule has 1 fully saturated rings. The van der Waals surface area contributed by atoms with Crippen molar-refractivity contribution in [3.8, 4) is 0 Å². The standard InChI is InChI=1S/C17H24N2O/c1-3-13-5-4-6-14-15(11-19(2)16(13)14)17(12-18)7-9-20-10-8-17/h4-6,11H,3,7-10,12,18H2,1-2H3. The van der Waals surface area contributed by atoms with Gasteiger partial charge in [0.1, 0.15) is 0 Å². The van der Waals surface area contributed by atoms with Crippen LogP contribution < -0.4 is 5.73 Å². The molecule has 2 N–H and O–H groups in total. The maximum atomic E-state index is 6.18. The Morgan fingerprint density at radius 3 is 2.70 bits per heavy atom. The zero-order valence-electron chi connectivity index (χ0n) is 12.5. The average Bonchev–Trinajstić information content (AvgIpc) is 2.86. The minimum absolute atomic E-state index is 0.0874. The van der Waals surface area contributed by atoms with E-state index < -0.39 is 0 Å². The van der Waals surface area contributed by atoms with Crippen LogP contribution >= 0.6 is 0 Å². The topological polar surface area (TPSA) is 40.2 Å². The molecular formula is C17H24N2O. The number of benzene rings is 1. The van der Waals surface area contributed by atoms with Gasteiger partial charge in [0.05, 0.1) is 5.52 Å². The van der Waals surface area contributed by atoms with Crippen LogP contribution in [0.25, 0.3) is 10.9 Å². The van der Waals surface area contributed by atoms with Gasteiger partial charge in [-0.25, -0.2) is 0 Å². The van der Waals surface area contributed by atoms with Gasteiger partial charge in [0.15, 0.2) is 0 Å². The average molecular weight is 272 g/mol. The van der Waals surface area contributed by atoms with Crippen LogP contribution in [0, 0.1) is 0 Å². The van der Waals surface area contributed by atoms with Crippen LogP contribution in [-0.2, 0) is 23.6 Å². The molecular weight excluding hydrogens is 248 g/mol. The number of nitrogens with two attached hydrogens (primary N) is 1. The second kappa shape index (κ2) is 5.23. The molecule has 3 rings (SSSR count). The highest BCUT2D eigenvalue weighted by atomic mass is 16.5. The summed E-state index contributed by atoms with van der Waals surface area (Å²) in [5.74, 6) is 0. The first-order valence-corrected chi connectivity index (χ1v) is 7.57. The Labute approximate surface area is 120 Å². The van der Waals surface area contributed by atoms with E-state index in [9.17, 15) is 0 Å². The van der Waals surface area contributed by atoms with E-state index >= 15 is 0 Å². The van der Waals surface area contributed by atoms with Crippen LogP contribution in [0.4, 0.5) is 0 Å². The monoisotopic (exact) mass is 272 g/mol. The number of aromatic nitrogens is 1. The maximum absolute atomic E-state index is 6.18. The highest BCUT2D eigenvalue weighted by molar-refractivity contribution is 5.88. The Bertz CT molecular complexity index is 609. The lowest BCUT2D eigenvalue weighted by Crippen LogP contribution is -2.40. The lowest BCUT2D eigenvalue weighted by Gasteiger charge is -2.36. The summed E-state index contributed by atoms with van der Waals surface area (Å²) >= 11 is 0. The van der Waals surface area contributed by atoms with Crippen molar-refractivity contribution in [2.24, 2.45) is 12.8 Å². The first-order chi connectivity index (χ1) is 9.72. The molecule has 20 heavy (non-hydrogen) atoms. The van der Waals surface area contributed by atoms with Crippen molar-refractivity contribution in [2.75, 3.05) is 19.8 Å². The highest BCUT2D eigenvalue weighted by Crippen LogP contribution is 2.39. The molecule has 1 aliphatic heterocycles. The summed E-state index contributed by atoms with van der Waals surface area (Å²) < 4.78 is 7.82. The van der Waals surface area contributed by atoms with E-state index in [0.29, 0.717) is 6.54 Å². The van der Waals surface area contributed by atoms with Gasteiger partial charge in [-0.1, -0.05) is 25.1 Å². The fraction of sp³-hybridized carbons (Fsp3) is 0.529. The first-order valence-electron chi connectivity index (χ1n) is 7.57. The SMILES string of the molecule is CCc1cccc2c(C3(CN)CCOCC3)cn(C)c12. The predicted molar refractivity (Wildman–Crippen MR) is 83.1 cm³/mol. The summed E-state index contributed by atoms with van der Waals surface area (Å²) in [4.78, 5) is 0. The Balaban J connectivity index is 2.21. The summed E-state index contributed by atoms with van der Waals surface area (Å²) in [6.45, 7) is 4.56. The van der Waals surface area contributed by atoms with Crippen LogP contribution in [-0.4, -0.2) is 24.3 Å². The summed E-state index contributed by atoms with van der Waals surface area (Å²) in [5, 5.41) is 1.37. The first kappa shape index (κ1) is 13.7. The third-order valence-corrected chi connectivity index (χ3v) is 4.88. The number of fused-ring (bicyclic) bond motifs is 1. The molecule has 108 valence electrons. The van der Waals surface area contributed by atoms with Crippen molar-refractivity contribution in [1.29, 1.82) is 0 Å². The molecule has 3 nitrogen and oxygen atoms in total. The molecule has 1 aromatic heterocycles. The third-order valence-electron chi connectivity index (χ3n) is 4.88. The van der Waals surface area contributed by atoms with Crippen molar-refractivity contribution in [3.63, 3.8) is 0 Å². The molecule has 1 aliphatic rings. The van der Waals surface area contributed by atoms with Crippen molar-refractivity contribution in [3.05, 3.63) is 35.5 Å². The Morgan fingerprint density at radius 1 is 1.30 bits per heavy atom. The molecule has 1 saturated heterocycles. The van der Waals surface area contributed by atoms with Gasteiger partial charge in [-0.05, 0) is 30.4 Å². The smallest absolute Gasteiger partial charge is 0.0513 e. The fourth-order valence-corrected chi connectivity index (χ4v) is 3.61. The zero-order chi connectivity index (χ0) is 14.2. The number of hydrogen-bond acceptors (Lipinski definition) is 2. The molecule has 0 aliphatic carbocycles. The van der Waals surface area contributed by atoms with E-state index in [0.717, 1.165) is 32.5 Å². The molecule has 0 spiro atoms. The second-order valence-corrected chi connectivity index (χ2v) is 5.92. The van der Waals surface area contributed by atoms with Gasteiger partial charge in [0, 0.05) is 43.8 Å². The van der Waals surface area contributed by atoms with Gasteiger partial charge < -0.3 is 15.0 Å². The molecule has 0 amide bonds. The van der Waals surface area contributed by atoms with Gasteiger partial charge in [-0.3, -0.25) is 0 Å². The molecule has 0 atom stereocenters. The van der Waals surface area contributed by atoms with E-state index in [2.05, 4.69) is 42.9 Å². The van der Waals surface area contributed by atoms with Crippen LogP contribution in [0.3, 0.4) is 0 Å². The second-order valence-electron chi connectivity index (χ2n) is 5.92. The van der Waals surface area contributed by atoms with Gasteiger partial charge in [0.2, 0.25) is 0 Å².